The second kappa shape index (κ2) is 4.85. The number of sulfone groups is 1. The van der Waals surface area contributed by atoms with Gasteiger partial charge in [-0.15, -0.1) is 0 Å². The minimum absolute atomic E-state index is 0.0193. The van der Waals surface area contributed by atoms with Crippen LogP contribution in [0.25, 0.3) is 0 Å². The summed E-state index contributed by atoms with van der Waals surface area (Å²) in [5, 5.41) is 0. The van der Waals surface area contributed by atoms with E-state index in [0.29, 0.717) is 6.42 Å². The van der Waals surface area contributed by atoms with Gasteiger partial charge >= 0.3 is 0 Å². The van der Waals surface area contributed by atoms with Crippen molar-refractivity contribution in [1.29, 1.82) is 0 Å². The molecule has 1 aliphatic rings. The van der Waals surface area contributed by atoms with Crippen LogP contribution < -0.4 is 10.6 Å². The molecule has 0 radical (unpaired) electrons. The van der Waals surface area contributed by atoms with Gasteiger partial charge in [0.1, 0.15) is 5.82 Å². The van der Waals surface area contributed by atoms with Crippen molar-refractivity contribution in [2.24, 2.45) is 5.73 Å². The molecule has 1 fully saturated rings. The molecule has 0 amide bonds. The third-order valence-corrected chi connectivity index (χ3v) is 5.16. The maximum absolute atomic E-state index is 11.5. The highest BCUT2D eigenvalue weighted by molar-refractivity contribution is 7.91. The Balaban J connectivity index is 2.19. The topological polar surface area (TPSA) is 76.3 Å². The number of anilines is 1. The molecule has 1 aromatic heterocycles. The third kappa shape index (κ3) is 2.81. The predicted octanol–water partition coefficient (Wildman–Crippen LogP) is 0.725. The van der Waals surface area contributed by atoms with E-state index in [4.69, 9.17) is 5.73 Å². The maximum Gasteiger partial charge on any atom is 0.152 e. The average Bonchev–Trinajstić information content (AvgIpc) is 2.69. The Morgan fingerprint density at radius 1 is 1.56 bits per heavy atom. The molecule has 0 saturated carbocycles. The Labute approximate surface area is 108 Å². The van der Waals surface area contributed by atoms with Gasteiger partial charge in [0.2, 0.25) is 0 Å². The molecular formula is C12H19N3O2S. The van der Waals surface area contributed by atoms with E-state index in [2.05, 4.69) is 4.98 Å². The molecule has 18 heavy (non-hydrogen) atoms. The van der Waals surface area contributed by atoms with Gasteiger partial charge in [-0.3, -0.25) is 0 Å². The average molecular weight is 269 g/mol. The van der Waals surface area contributed by atoms with Crippen molar-refractivity contribution in [2.75, 3.05) is 23.5 Å². The third-order valence-electron chi connectivity index (χ3n) is 3.41. The van der Waals surface area contributed by atoms with E-state index in [1.165, 1.54) is 0 Å². The SMILES string of the molecule is C[C@@H](N)c1ccnc(N(C)C2CCS(=O)(=O)C2)c1. The van der Waals surface area contributed by atoms with E-state index < -0.39 is 9.84 Å². The van der Waals surface area contributed by atoms with Gasteiger partial charge in [0.25, 0.3) is 0 Å². The fourth-order valence-corrected chi connectivity index (χ4v) is 3.95. The molecule has 100 valence electrons. The highest BCUT2D eigenvalue weighted by Crippen LogP contribution is 2.23. The van der Waals surface area contributed by atoms with Gasteiger partial charge in [0.05, 0.1) is 11.5 Å². The van der Waals surface area contributed by atoms with Crippen LogP contribution in [0.1, 0.15) is 24.9 Å². The van der Waals surface area contributed by atoms with Gasteiger partial charge in [-0.05, 0) is 31.0 Å². The fourth-order valence-electron chi connectivity index (χ4n) is 2.18. The lowest BCUT2D eigenvalue weighted by Gasteiger charge is -2.25. The lowest BCUT2D eigenvalue weighted by molar-refractivity contribution is 0.600. The number of pyridine rings is 1. The highest BCUT2D eigenvalue weighted by atomic mass is 32.2. The van der Waals surface area contributed by atoms with Crippen LogP contribution in [0.15, 0.2) is 18.3 Å². The van der Waals surface area contributed by atoms with Crippen molar-refractivity contribution in [1.82, 2.24) is 4.98 Å². The summed E-state index contributed by atoms with van der Waals surface area (Å²) < 4.78 is 23.0. The van der Waals surface area contributed by atoms with Crippen molar-refractivity contribution in [3.63, 3.8) is 0 Å². The van der Waals surface area contributed by atoms with Crippen molar-refractivity contribution in [2.45, 2.75) is 25.4 Å². The molecule has 1 aromatic rings. The van der Waals surface area contributed by atoms with Gasteiger partial charge in [-0.25, -0.2) is 13.4 Å². The molecule has 1 aliphatic heterocycles. The van der Waals surface area contributed by atoms with Gasteiger partial charge < -0.3 is 10.6 Å². The molecule has 2 atom stereocenters. The molecule has 0 spiro atoms. The van der Waals surface area contributed by atoms with E-state index in [0.717, 1.165) is 11.4 Å². The molecular weight excluding hydrogens is 250 g/mol. The van der Waals surface area contributed by atoms with Crippen molar-refractivity contribution < 1.29 is 8.42 Å². The van der Waals surface area contributed by atoms with Crippen molar-refractivity contribution >= 4 is 15.7 Å². The lowest BCUT2D eigenvalue weighted by Crippen LogP contribution is -2.33. The number of rotatable bonds is 3. The van der Waals surface area contributed by atoms with Crippen LogP contribution >= 0.6 is 0 Å². The minimum atomic E-state index is -2.87. The van der Waals surface area contributed by atoms with E-state index >= 15 is 0 Å². The summed E-state index contributed by atoms with van der Waals surface area (Å²) in [7, 11) is -0.981. The Bertz CT molecular complexity index is 528. The fraction of sp³-hybridized carbons (Fsp3) is 0.583. The summed E-state index contributed by atoms with van der Waals surface area (Å²) in [6, 6.07) is 3.78. The molecule has 0 aromatic carbocycles. The summed E-state index contributed by atoms with van der Waals surface area (Å²) in [6.45, 7) is 1.92. The second-order valence-corrected chi connectivity index (χ2v) is 7.13. The van der Waals surface area contributed by atoms with E-state index in [1.807, 2.05) is 31.0 Å². The Hall–Kier alpha value is -1.14. The number of hydrogen-bond acceptors (Lipinski definition) is 5. The molecule has 2 rings (SSSR count). The van der Waals surface area contributed by atoms with Gasteiger partial charge in [-0.2, -0.15) is 0 Å². The first kappa shape index (κ1) is 13.3. The van der Waals surface area contributed by atoms with Gasteiger partial charge in [0, 0.05) is 25.3 Å². The van der Waals surface area contributed by atoms with Crippen LogP contribution in [0.5, 0.6) is 0 Å². The Morgan fingerprint density at radius 3 is 2.83 bits per heavy atom. The maximum atomic E-state index is 11.5. The van der Waals surface area contributed by atoms with E-state index in [-0.39, 0.29) is 23.6 Å². The summed E-state index contributed by atoms with van der Waals surface area (Å²) in [5.74, 6) is 1.27. The van der Waals surface area contributed by atoms with Crippen LogP contribution in [-0.2, 0) is 9.84 Å². The predicted molar refractivity (Wildman–Crippen MR) is 72.3 cm³/mol. The molecule has 1 saturated heterocycles. The van der Waals surface area contributed by atoms with Gasteiger partial charge in [0.15, 0.2) is 9.84 Å². The lowest BCUT2D eigenvalue weighted by atomic mass is 10.1. The number of aromatic nitrogens is 1. The standard InChI is InChI=1S/C12H19N3O2S/c1-9(13)10-3-5-14-12(7-10)15(2)11-4-6-18(16,17)8-11/h3,5,7,9,11H,4,6,8,13H2,1-2H3/t9-,11?/m1/s1. The largest absolute Gasteiger partial charge is 0.356 e. The quantitative estimate of drug-likeness (QED) is 0.875. The molecule has 2 heterocycles. The highest BCUT2D eigenvalue weighted by Gasteiger charge is 2.31. The zero-order valence-corrected chi connectivity index (χ0v) is 11.5. The first-order valence-electron chi connectivity index (χ1n) is 6.04. The van der Waals surface area contributed by atoms with E-state index in [9.17, 15) is 8.42 Å². The number of nitrogens with zero attached hydrogens (tertiary/aromatic N) is 2. The zero-order valence-electron chi connectivity index (χ0n) is 10.7. The van der Waals surface area contributed by atoms with Crippen LogP contribution in [-0.4, -0.2) is 38.0 Å². The number of hydrogen-bond donors (Lipinski definition) is 1. The number of nitrogens with two attached hydrogens (primary N) is 1. The van der Waals surface area contributed by atoms with Crippen molar-refractivity contribution in [3.05, 3.63) is 23.9 Å². The van der Waals surface area contributed by atoms with Crippen LogP contribution in [0, 0.1) is 0 Å². The molecule has 0 bridgehead atoms. The first-order chi connectivity index (χ1) is 8.39. The summed E-state index contributed by atoms with van der Waals surface area (Å²) in [4.78, 5) is 6.23. The molecule has 6 heteroatoms. The Kier molecular flexibility index (Phi) is 3.59. The zero-order chi connectivity index (χ0) is 13.3. The van der Waals surface area contributed by atoms with Gasteiger partial charge in [-0.1, -0.05) is 0 Å². The van der Waals surface area contributed by atoms with Crippen LogP contribution in [0.3, 0.4) is 0 Å². The minimum Gasteiger partial charge on any atom is -0.356 e. The van der Waals surface area contributed by atoms with Crippen molar-refractivity contribution in [3.8, 4) is 0 Å². The molecule has 2 N–H and O–H groups in total. The Morgan fingerprint density at radius 2 is 2.28 bits per heavy atom. The monoisotopic (exact) mass is 269 g/mol. The molecule has 1 unspecified atom stereocenters. The van der Waals surface area contributed by atoms with Crippen LogP contribution in [0.4, 0.5) is 5.82 Å². The smallest absolute Gasteiger partial charge is 0.152 e. The van der Waals surface area contributed by atoms with Crippen LogP contribution in [0.2, 0.25) is 0 Å². The first-order valence-corrected chi connectivity index (χ1v) is 7.86. The summed E-state index contributed by atoms with van der Waals surface area (Å²) in [6.07, 6.45) is 2.39. The second-order valence-electron chi connectivity index (χ2n) is 4.90. The summed E-state index contributed by atoms with van der Waals surface area (Å²) in [5.41, 5.74) is 6.84. The molecule has 0 aliphatic carbocycles. The summed E-state index contributed by atoms with van der Waals surface area (Å²) >= 11 is 0. The normalized spacial score (nSPS) is 23.8. The molecule has 5 nitrogen and oxygen atoms in total. The van der Waals surface area contributed by atoms with E-state index in [1.54, 1.807) is 6.20 Å².